The van der Waals surface area contributed by atoms with Gasteiger partial charge in [-0.2, -0.15) is 0 Å². The normalized spacial score (nSPS) is 10.8. The SMILES string of the molecule is Cc1csc(N)n1.Cc1csc(NC(=O)OC(C)(C)C)n1.Cc1nc(NC(=O)OC(C)(C)C)sc1C. The van der Waals surface area contributed by atoms with Crippen molar-refractivity contribution < 1.29 is 19.1 Å². The minimum atomic E-state index is -0.481. The summed E-state index contributed by atoms with van der Waals surface area (Å²) in [5, 5.41) is 10.8. The second kappa shape index (κ2) is 13.5. The highest BCUT2D eigenvalue weighted by atomic mass is 32.1. The summed E-state index contributed by atoms with van der Waals surface area (Å²) in [4.78, 5) is 35.9. The number of aromatic nitrogens is 3. The van der Waals surface area contributed by atoms with Gasteiger partial charge in [0.15, 0.2) is 15.4 Å². The van der Waals surface area contributed by atoms with Crippen molar-refractivity contribution in [2.45, 2.75) is 80.4 Å². The van der Waals surface area contributed by atoms with E-state index in [1.54, 1.807) is 0 Å². The van der Waals surface area contributed by atoms with E-state index in [1.807, 2.05) is 80.0 Å². The number of nitrogens with two attached hydrogens (primary N) is 1. The number of aryl methyl sites for hydroxylation is 4. The highest BCUT2D eigenvalue weighted by Crippen LogP contribution is 2.22. The van der Waals surface area contributed by atoms with Crippen LogP contribution < -0.4 is 16.4 Å². The smallest absolute Gasteiger partial charge is 0.413 e. The van der Waals surface area contributed by atoms with Crippen LogP contribution in [0.5, 0.6) is 0 Å². The van der Waals surface area contributed by atoms with E-state index in [0.29, 0.717) is 15.4 Å². The minimum absolute atomic E-state index is 0.462. The van der Waals surface area contributed by atoms with Crippen LogP contribution in [-0.4, -0.2) is 38.3 Å². The van der Waals surface area contributed by atoms with Crippen molar-refractivity contribution in [3.05, 3.63) is 32.7 Å². The Labute approximate surface area is 224 Å². The van der Waals surface area contributed by atoms with Gasteiger partial charge in [0.05, 0.1) is 17.1 Å². The molecule has 10 nitrogen and oxygen atoms in total. The quantitative estimate of drug-likeness (QED) is 0.308. The Morgan fingerprint density at radius 3 is 1.56 bits per heavy atom. The highest BCUT2D eigenvalue weighted by Gasteiger charge is 2.18. The maximum Gasteiger partial charge on any atom is 0.413 e. The monoisotopic (exact) mass is 556 g/mol. The summed E-state index contributed by atoms with van der Waals surface area (Å²) in [6.07, 6.45) is -0.928. The van der Waals surface area contributed by atoms with Crippen molar-refractivity contribution in [1.82, 2.24) is 15.0 Å². The number of rotatable bonds is 2. The Balaban J connectivity index is 0.000000287. The molecule has 200 valence electrons. The van der Waals surface area contributed by atoms with Crippen LogP contribution >= 0.6 is 34.0 Å². The second-order valence-electron chi connectivity index (χ2n) is 9.54. The van der Waals surface area contributed by atoms with Gasteiger partial charge in [-0.25, -0.2) is 24.5 Å². The van der Waals surface area contributed by atoms with E-state index >= 15 is 0 Å². The van der Waals surface area contributed by atoms with Crippen LogP contribution in [0.3, 0.4) is 0 Å². The number of anilines is 3. The van der Waals surface area contributed by atoms with Gasteiger partial charge in [-0.3, -0.25) is 10.6 Å². The molecule has 0 aromatic carbocycles. The molecule has 0 bridgehead atoms. The molecule has 3 rings (SSSR count). The molecule has 0 saturated heterocycles. The van der Waals surface area contributed by atoms with Crippen molar-refractivity contribution in [1.29, 1.82) is 0 Å². The first kappa shape index (κ1) is 31.3. The van der Waals surface area contributed by atoms with Crippen LogP contribution in [0.15, 0.2) is 10.8 Å². The van der Waals surface area contributed by atoms with E-state index < -0.39 is 23.4 Å². The molecule has 3 aromatic heterocycles. The van der Waals surface area contributed by atoms with Gasteiger partial charge < -0.3 is 15.2 Å². The molecule has 2 amide bonds. The number of amides is 2. The summed E-state index contributed by atoms with van der Waals surface area (Å²) in [7, 11) is 0. The largest absolute Gasteiger partial charge is 0.444 e. The van der Waals surface area contributed by atoms with Crippen LogP contribution in [0.25, 0.3) is 0 Å². The van der Waals surface area contributed by atoms with E-state index in [0.717, 1.165) is 22.0 Å². The fourth-order valence-corrected chi connectivity index (χ4v) is 4.11. The fraction of sp³-hybridized carbons (Fsp3) is 0.522. The lowest BCUT2D eigenvalue weighted by molar-refractivity contribution is 0.0624. The molecule has 3 aromatic rings. The van der Waals surface area contributed by atoms with Gasteiger partial charge in [0.1, 0.15) is 11.2 Å². The Kier molecular flexibility index (Phi) is 11.7. The van der Waals surface area contributed by atoms with Gasteiger partial charge in [-0.15, -0.1) is 34.0 Å². The van der Waals surface area contributed by atoms with Crippen molar-refractivity contribution >= 4 is 61.6 Å². The molecule has 0 radical (unpaired) electrons. The number of hydrogen-bond donors (Lipinski definition) is 3. The first-order chi connectivity index (χ1) is 16.4. The van der Waals surface area contributed by atoms with Crippen molar-refractivity contribution in [3.8, 4) is 0 Å². The van der Waals surface area contributed by atoms with Crippen molar-refractivity contribution in [3.63, 3.8) is 0 Å². The zero-order valence-corrected chi connectivity index (χ0v) is 24.9. The van der Waals surface area contributed by atoms with Gasteiger partial charge in [-0.05, 0) is 69.2 Å². The third-order valence-electron chi connectivity index (χ3n) is 3.50. The fourth-order valence-electron chi connectivity index (χ4n) is 2.09. The molecule has 4 N–H and O–H groups in total. The lowest BCUT2D eigenvalue weighted by Gasteiger charge is -2.18. The van der Waals surface area contributed by atoms with Gasteiger partial charge >= 0.3 is 12.2 Å². The first-order valence-electron chi connectivity index (χ1n) is 11.0. The zero-order valence-electron chi connectivity index (χ0n) is 22.4. The Hall–Kier alpha value is -2.77. The number of carbonyl (C=O) groups is 2. The summed E-state index contributed by atoms with van der Waals surface area (Å²) < 4.78 is 10.2. The van der Waals surface area contributed by atoms with Crippen molar-refractivity contribution in [2.24, 2.45) is 0 Å². The van der Waals surface area contributed by atoms with Gasteiger partial charge in [0.25, 0.3) is 0 Å². The van der Waals surface area contributed by atoms with E-state index in [1.165, 1.54) is 34.0 Å². The Morgan fingerprint density at radius 2 is 1.25 bits per heavy atom. The van der Waals surface area contributed by atoms with E-state index in [2.05, 4.69) is 25.6 Å². The third-order valence-corrected chi connectivity index (χ3v) is 6.16. The third kappa shape index (κ3) is 14.0. The van der Waals surface area contributed by atoms with Crippen LogP contribution in [0.2, 0.25) is 0 Å². The molecular weight excluding hydrogens is 520 g/mol. The molecule has 0 aliphatic rings. The summed E-state index contributed by atoms with van der Waals surface area (Å²) in [6.45, 7) is 18.6. The summed E-state index contributed by atoms with van der Waals surface area (Å²) in [5.41, 5.74) is 7.16. The van der Waals surface area contributed by atoms with Gasteiger partial charge in [-0.1, -0.05) is 0 Å². The lowest BCUT2D eigenvalue weighted by Crippen LogP contribution is -2.27. The molecule has 0 unspecified atom stereocenters. The number of hydrogen-bond acceptors (Lipinski definition) is 11. The average Bonchev–Trinajstić information content (AvgIpc) is 3.34. The predicted octanol–water partition coefficient (Wildman–Crippen LogP) is 6.94. The van der Waals surface area contributed by atoms with Crippen LogP contribution in [-0.2, 0) is 9.47 Å². The molecule has 0 fully saturated rings. The Morgan fingerprint density at radius 1 is 0.778 bits per heavy atom. The van der Waals surface area contributed by atoms with E-state index in [-0.39, 0.29) is 0 Å². The number of ether oxygens (including phenoxy) is 2. The number of nitrogens with one attached hydrogen (secondary N) is 2. The van der Waals surface area contributed by atoms with Crippen molar-refractivity contribution in [2.75, 3.05) is 16.4 Å². The number of carbonyl (C=O) groups excluding carboxylic acids is 2. The first-order valence-corrected chi connectivity index (χ1v) is 13.5. The number of thiazole rings is 3. The van der Waals surface area contributed by atoms with Crippen LogP contribution in [0, 0.1) is 27.7 Å². The number of nitrogens with zero attached hydrogens (tertiary/aromatic N) is 3. The van der Waals surface area contributed by atoms with Gasteiger partial charge in [0.2, 0.25) is 0 Å². The highest BCUT2D eigenvalue weighted by molar-refractivity contribution is 7.15. The zero-order chi connectivity index (χ0) is 27.7. The van der Waals surface area contributed by atoms with Crippen LogP contribution in [0.1, 0.15) is 63.5 Å². The molecule has 0 spiro atoms. The molecule has 0 aliphatic carbocycles. The standard InChI is InChI=1S/C10H16N2O2S.C9H14N2O2S.C4H6N2S/c1-6-7(2)15-8(11-6)12-9(13)14-10(3,4)5;1-6-5-14-7(10-6)11-8(12)13-9(2,3)4;1-3-2-7-4(5)6-3/h1-5H3,(H,11,12,13);5H,1-4H3,(H,10,11,12);2H,1H3,(H2,5,6). The molecule has 3 heterocycles. The molecule has 0 aliphatic heterocycles. The van der Waals surface area contributed by atoms with E-state index in [4.69, 9.17) is 15.2 Å². The van der Waals surface area contributed by atoms with Crippen LogP contribution in [0.4, 0.5) is 25.0 Å². The predicted molar refractivity (Wildman–Crippen MR) is 149 cm³/mol. The Bertz CT molecular complexity index is 1090. The summed E-state index contributed by atoms with van der Waals surface area (Å²) in [6, 6.07) is 0. The summed E-state index contributed by atoms with van der Waals surface area (Å²) >= 11 is 4.30. The molecule has 13 heteroatoms. The molecular formula is C23H36N6O4S3. The van der Waals surface area contributed by atoms with E-state index in [9.17, 15) is 9.59 Å². The number of nitrogen functional groups attached to an aromatic ring is 1. The summed E-state index contributed by atoms with van der Waals surface area (Å²) in [5.74, 6) is 0. The second-order valence-corrected chi connectivity index (χ2v) is 12.5. The molecule has 36 heavy (non-hydrogen) atoms. The van der Waals surface area contributed by atoms with Gasteiger partial charge in [0, 0.05) is 15.6 Å². The maximum atomic E-state index is 11.4. The molecule has 0 atom stereocenters. The minimum Gasteiger partial charge on any atom is -0.444 e. The molecule has 0 saturated carbocycles. The average molecular weight is 557 g/mol. The lowest BCUT2D eigenvalue weighted by atomic mass is 10.2. The maximum absolute atomic E-state index is 11.4. The topological polar surface area (TPSA) is 141 Å².